The Bertz CT molecular complexity index is 863. The van der Waals surface area contributed by atoms with Gasteiger partial charge in [-0.25, -0.2) is 4.79 Å². The maximum Gasteiger partial charge on any atom is 0.372 e. The lowest BCUT2D eigenvalue weighted by Gasteiger charge is -2.05. The average Bonchev–Trinajstić information content (AvgIpc) is 2.64. The Morgan fingerprint density at radius 1 is 1.08 bits per heavy atom. The van der Waals surface area contributed by atoms with Gasteiger partial charge in [0.05, 0.1) is 4.92 Å². The minimum Gasteiger partial charge on any atom is -0.484 e. The van der Waals surface area contributed by atoms with Gasteiger partial charge in [-0.05, 0) is 30.3 Å². The van der Waals surface area contributed by atoms with Gasteiger partial charge in [-0.3, -0.25) is 14.9 Å². The molecule has 10 nitrogen and oxygen atoms in total. The fraction of sp³-hybridized carbons (Fsp3) is 0.0625. The zero-order chi connectivity index (χ0) is 19.1. The molecule has 0 saturated heterocycles. The molecule has 0 radical (unpaired) electrons. The quantitative estimate of drug-likeness (QED) is 0.245. The summed E-state index contributed by atoms with van der Waals surface area (Å²) < 4.78 is 5.09. The molecular formula is C16H14N4O6. The molecular weight excluding hydrogens is 344 g/mol. The summed E-state index contributed by atoms with van der Waals surface area (Å²) in [6, 6.07) is 11.4. The van der Waals surface area contributed by atoms with Crippen LogP contribution in [-0.4, -0.2) is 29.2 Å². The van der Waals surface area contributed by atoms with Gasteiger partial charge in [0.2, 0.25) is 0 Å². The van der Waals surface area contributed by atoms with Crippen molar-refractivity contribution in [2.24, 2.45) is 16.6 Å². The van der Waals surface area contributed by atoms with Crippen LogP contribution in [0.4, 0.5) is 5.69 Å². The molecule has 0 spiro atoms. The highest BCUT2D eigenvalue weighted by Crippen LogP contribution is 2.18. The van der Waals surface area contributed by atoms with Crippen LogP contribution in [0.25, 0.3) is 0 Å². The van der Waals surface area contributed by atoms with E-state index in [2.05, 4.69) is 9.99 Å². The number of carbonyl (C=O) groups is 2. The van der Waals surface area contributed by atoms with Crippen LogP contribution in [0.15, 0.2) is 53.7 Å². The summed E-state index contributed by atoms with van der Waals surface area (Å²) in [4.78, 5) is 37.5. The van der Waals surface area contributed by atoms with Gasteiger partial charge >= 0.3 is 5.97 Å². The summed E-state index contributed by atoms with van der Waals surface area (Å²) in [6.07, 6.45) is 0. The summed E-state index contributed by atoms with van der Waals surface area (Å²) >= 11 is 0. The molecule has 26 heavy (non-hydrogen) atoms. The van der Waals surface area contributed by atoms with Crippen LogP contribution in [-0.2, 0) is 9.63 Å². The first-order chi connectivity index (χ1) is 12.4. The van der Waals surface area contributed by atoms with Gasteiger partial charge in [-0.2, -0.15) is 0 Å². The van der Waals surface area contributed by atoms with Crippen LogP contribution < -0.4 is 16.2 Å². The lowest BCUT2D eigenvalue weighted by Crippen LogP contribution is -2.20. The standard InChI is InChI=1S/C16H14N4O6/c17-14(21)9-25-11-7-5-10(6-8-11)15(18)19-26-16(22)12-3-1-2-4-13(12)20(23)24/h1-8H,9H2,(H2,17,21)(H2,18,19). The average molecular weight is 358 g/mol. The molecule has 4 N–H and O–H groups in total. The summed E-state index contributed by atoms with van der Waals surface area (Å²) in [5.41, 5.74) is 10.4. The van der Waals surface area contributed by atoms with Gasteiger partial charge in [0.25, 0.3) is 11.6 Å². The number of carbonyl (C=O) groups excluding carboxylic acids is 2. The van der Waals surface area contributed by atoms with Crippen LogP contribution in [0.3, 0.4) is 0 Å². The molecule has 10 heteroatoms. The van der Waals surface area contributed by atoms with Crippen molar-refractivity contribution < 1.29 is 24.1 Å². The van der Waals surface area contributed by atoms with E-state index in [1.54, 1.807) is 0 Å². The number of nitro benzene ring substituents is 1. The monoisotopic (exact) mass is 358 g/mol. The fourth-order valence-corrected chi connectivity index (χ4v) is 1.87. The molecule has 0 heterocycles. The van der Waals surface area contributed by atoms with Crippen molar-refractivity contribution in [1.82, 2.24) is 0 Å². The molecule has 0 bridgehead atoms. The maximum atomic E-state index is 12.0. The molecule has 0 fully saturated rings. The molecule has 0 aliphatic heterocycles. The Labute approximate surface area is 147 Å². The van der Waals surface area contributed by atoms with Crippen LogP contribution >= 0.6 is 0 Å². The molecule has 2 aromatic carbocycles. The predicted octanol–water partition coefficient (Wildman–Crippen LogP) is 0.936. The second-order valence-electron chi connectivity index (χ2n) is 4.91. The first-order valence-corrected chi connectivity index (χ1v) is 7.18. The van der Waals surface area contributed by atoms with E-state index in [-0.39, 0.29) is 18.0 Å². The molecule has 0 saturated carbocycles. The third kappa shape index (κ3) is 4.77. The van der Waals surface area contributed by atoms with Crippen molar-refractivity contribution in [1.29, 1.82) is 0 Å². The SMILES string of the molecule is NC(=O)COc1ccc(/C(N)=N/OC(=O)c2ccccc2[N+](=O)[O-])cc1. The Kier molecular flexibility index (Phi) is 5.83. The minimum atomic E-state index is -1.01. The Balaban J connectivity index is 2.07. The van der Waals surface area contributed by atoms with E-state index in [4.69, 9.17) is 16.2 Å². The van der Waals surface area contributed by atoms with E-state index < -0.39 is 22.5 Å². The number of amidine groups is 1. The van der Waals surface area contributed by atoms with Gasteiger partial charge in [0.1, 0.15) is 11.3 Å². The maximum absolute atomic E-state index is 12.0. The third-order valence-corrected chi connectivity index (χ3v) is 3.08. The van der Waals surface area contributed by atoms with Crippen LogP contribution in [0.1, 0.15) is 15.9 Å². The zero-order valence-corrected chi connectivity index (χ0v) is 13.3. The number of hydrogen-bond donors (Lipinski definition) is 2. The molecule has 2 aromatic rings. The van der Waals surface area contributed by atoms with Crippen molar-refractivity contribution in [3.63, 3.8) is 0 Å². The minimum absolute atomic E-state index is 0.126. The highest BCUT2D eigenvalue weighted by atomic mass is 16.7. The first kappa shape index (κ1) is 18.4. The highest BCUT2D eigenvalue weighted by molar-refractivity contribution is 5.99. The Hall–Kier alpha value is -3.95. The number of ether oxygens (including phenoxy) is 1. The fourth-order valence-electron chi connectivity index (χ4n) is 1.87. The number of amides is 1. The number of nitro groups is 1. The van der Waals surface area contributed by atoms with Crippen LogP contribution in [0, 0.1) is 10.1 Å². The number of rotatable bonds is 7. The first-order valence-electron chi connectivity index (χ1n) is 7.18. The number of nitrogens with two attached hydrogens (primary N) is 2. The van der Waals surface area contributed by atoms with Crippen molar-refractivity contribution in [2.75, 3.05) is 6.61 Å². The zero-order valence-electron chi connectivity index (χ0n) is 13.3. The number of benzene rings is 2. The van der Waals surface area contributed by atoms with Crippen molar-refractivity contribution >= 4 is 23.4 Å². The number of hydrogen-bond acceptors (Lipinski definition) is 7. The third-order valence-electron chi connectivity index (χ3n) is 3.08. The largest absolute Gasteiger partial charge is 0.484 e. The van der Waals surface area contributed by atoms with E-state index in [9.17, 15) is 19.7 Å². The van der Waals surface area contributed by atoms with E-state index in [1.165, 1.54) is 48.5 Å². The molecule has 0 aliphatic rings. The Morgan fingerprint density at radius 2 is 1.73 bits per heavy atom. The molecule has 134 valence electrons. The molecule has 1 amide bonds. The van der Waals surface area contributed by atoms with E-state index in [0.717, 1.165) is 0 Å². The van der Waals surface area contributed by atoms with Gasteiger partial charge < -0.3 is 21.0 Å². The van der Waals surface area contributed by atoms with Gasteiger partial charge in [0.15, 0.2) is 12.4 Å². The lowest BCUT2D eigenvalue weighted by atomic mass is 10.2. The number of primary amides is 1. The van der Waals surface area contributed by atoms with E-state index in [1.807, 2.05) is 0 Å². The lowest BCUT2D eigenvalue weighted by molar-refractivity contribution is -0.385. The number of nitrogens with zero attached hydrogens (tertiary/aromatic N) is 2. The molecule has 0 aliphatic carbocycles. The van der Waals surface area contributed by atoms with Gasteiger partial charge in [-0.1, -0.05) is 17.3 Å². The smallest absolute Gasteiger partial charge is 0.372 e. The predicted molar refractivity (Wildman–Crippen MR) is 90.4 cm³/mol. The normalized spacial score (nSPS) is 10.8. The van der Waals surface area contributed by atoms with Crippen LogP contribution in [0.5, 0.6) is 5.75 Å². The molecule has 0 unspecified atom stereocenters. The second-order valence-corrected chi connectivity index (χ2v) is 4.91. The van der Waals surface area contributed by atoms with Crippen LogP contribution in [0.2, 0.25) is 0 Å². The van der Waals surface area contributed by atoms with E-state index in [0.29, 0.717) is 11.3 Å². The summed E-state index contributed by atoms with van der Waals surface area (Å²) in [5, 5.41) is 14.4. The molecule has 0 atom stereocenters. The topological polar surface area (TPSA) is 160 Å². The number of oxime groups is 1. The molecule has 2 rings (SSSR count). The Morgan fingerprint density at radius 3 is 2.35 bits per heavy atom. The summed E-state index contributed by atoms with van der Waals surface area (Å²) in [6.45, 7) is -0.267. The van der Waals surface area contributed by atoms with Gasteiger partial charge in [0, 0.05) is 11.6 Å². The summed E-state index contributed by atoms with van der Waals surface area (Å²) in [5.74, 6) is -1.37. The van der Waals surface area contributed by atoms with Crippen molar-refractivity contribution in [2.45, 2.75) is 0 Å². The second kappa shape index (κ2) is 8.24. The summed E-state index contributed by atoms with van der Waals surface area (Å²) in [7, 11) is 0. The van der Waals surface area contributed by atoms with E-state index >= 15 is 0 Å². The molecule has 0 aromatic heterocycles. The van der Waals surface area contributed by atoms with Crippen molar-refractivity contribution in [3.8, 4) is 5.75 Å². The van der Waals surface area contributed by atoms with Gasteiger partial charge in [-0.15, -0.1) is 0 Å². The highest BCUT2D eigenvalue weighted by Gasteiger charge is 2.21. The number of para-hydroxylation sites is 1. The van der Waals surface area contributed by atoms with Crippen molar-refractivity contribution in [3.05, 3.63) is 69.8 Å².